The number of benzene rings is 1. The Balaban J connectivity index is 2.59. The molecule has 0 fully saturated rings. The minimum atomic E-state index is -0.412. The number of carbonyl (C=O) groups is 1. The van der Waals surface area contributed by atoms with E-state index in [1.165, 1.54) is 4.90 Å². The summed E-state index contributed by atoms with van der Waals surface area (Å²) in [6.45, 7) is 2.20. The van der Waals surface area contributed by atoms with Gasteiger partial charge in [-0.2, -0.15) is 0 Å². The highest BCUT2D eigenvalue weighted by molar-refractivity contribution is 9.10. The van der Waals surface area contributed by atoms with Gasteiger partial charge < -0.3 is 20.1 Å². The standard InChI is InChI=1S/C13H19BrN2O3/c1-9(17)6-7-16(2)13(18)15-10-4-5-12(19-3)11(14)8-10/h4-5,8-9,17H,6-7H2,1-3H3,(H,15,18)/t9-/m1/s1. The number of ether oxygens (including phenoxy) is 1. The first kappa shape index (κ1) is 15.8. The summed E-state index contributed by atoms with van der Waals surface area (Å²) in [5.41, 5.74) is 0.682. The predicted octanol–water partition coefficient (Wildman–Crippen LogP) is 2.69. The zero-order chi connectivity index (χ0) is 14.4. The van der Waals surface area contributed by atoms with Gasteiger partial charge in [-0.25, -0.2) is 4.79 Å². The van der Waals surface area contributed by atoms with Crippen molar-refractivity contribution in [2.24, 2.45) is 0 Å². The van der Waals surface area contributed by atoms with Crippen molar-refractivity contribution in [2.75, 3.05) is 26.0 Å². The average Bonchev–Trinajstić information content (AvgIpc) is 2.36. The van der Waals surface area contributed by atoms with Crippen molar-refractivity contribution >= 4 is 27.6 Å². The highest BCUT2D eigenvalue weighted by Crippen LogP contribution is 2.27. The molecule has 1 atom stereocenters. The second-order valence-electron chi connectivity index (χ2n) is 4.34. The van der Waals surface area contributed by atoms with Gasteiger partial charge in [-0.15, -0.1) is 0 Å². The molecule has 0 aliphatic rings. The first-order chi connectivity index (χ1) is 8.93. The van der Waals surface area contributed by atoms with Crippen LogP contribution in [0, 0.1) is 0 Å². The first-order valence-electron chi connectivity index (χ1n) is 5.97. The van der Waals surface area contributed by atoms with Crippen LogP contribution in [0.25, 0.3) is 0 Å². The number of amides is 2. The van der Waals surface area contributed by atoms with Crippen LogP contribution in [0.5, 0.6) is 5.75 Å². The summed E-state index contributed by atoms with van der Waals surface area (Å²) in [6, 6.07) is 5.11. The number of methoxy groups -OCH3 is 1. The lowest BCUT2D eigenvalue weighted by Crippen LogP contribution is -2.33. The summed E-state index contributed by atoms with van der Waals surface area (Å²) >= 11 is 3.36. The van der Waals surface area contributed by atoms with Crippen LogP contribution in [0.15, 0.2) is 22.7 Å². The van der Waals surface area contributed by atoms with Crippen LogP contribution in [0.4, 0.5) is 10.5 Å². The molecular formula is C13H19BrN2O3. The molecule has 0 aliphatic carbocycles. The smallest absolute Gasteiger partial charge is 0.321 e. The number of halogens is 1. The quantitative estimate of drug-likeness (QED) is 0.872. The summed E-state index contributed by atoms with van der Waals surface area (Å²) in [4.78, 5) is 13.4. The van der Waals surface area contributed by atoms with E-state index in [4.69, 9.17) is 4.74 Å². The van der Waals surface area contributed by atoms with E-state index in [0.717, 1.165) is 4.47 Å². The lowest BCUT2D eigenvalue weighted by Gasteiger charge is -2.19. The third-order valence-electron chi connectivity index (χ3n) is 2.63. The molecular weight excluding hydrogens is 312 g/mol. The fourth-order valence-electron chi connectivity index (χ4n) is 1.45. The molecule has 0 spiro atoms. The van der Waals surface area contributed by atoms with E-state index in [1.807, 2.05) is 0 Å². The zero-order valence-corrected chi connectivity index (χ0v) is 12.9. The van der Waals surface area contributed by atoms with Gasteiger partial charge in [0.25, 0.3) is 0 Å². The van der Waals surface area contributed by atoms with Crippen molar-refractivity contribution in [1.82, 2.24) is 4.90 Å². The monoisotopic (exact) mass is 330 g/mol. The van der Waals surface area contributed by atoms with Crippen LogP contribution in [-0.2, 0) is 0 Å². The second-order valence-corrected chi connectivity index (χ2v) is 5.19. The lowest BCUT2D eigenvalue weighted by atomic mass is 10.3. The van der Waals surface area contributed by atoms with Gasteiger partial charge in [0.1, 0.15) is 5.75 Å². The number of aliphatic hydroxyl groups is 1. The Morgan fingerprint density at radius 3 is 2.79 bits per heavy atom. The highest BCUT2D eigenvalue weighted by Gasteiger charge is 2.10. The molecule has 0 radical (unpaired) electrons. The number of nitrogens with zero attached hydrogens (tertiary/aromatic N) is 1. The Labute approximate surface area is 121 Å². The number of aliphatic hydroxyl groups excluding tert-OH is 1. The van der Waals surface area contributed by atoms with Gasteiger partial charge in [-0.05, 0) is 47.5 Å². The van der Waals surface area contributed by atoms with Crippen LogP contribution >= 0.6 is 15.9 Å². The molecule has 2 N–H and O–H groups in total. The third-order valence-corrected chi connectivity index (χ3v) is 3.25. The van der Waals surface area contributed by atoms with Crippen molar-refractivity contribution in [3.63, 3.8) is 0 Å². The molecule has 0 heterocycles. The number of carbonyl (C=O) groups excluding carboxylic acids is 1. The maximum atomic E-state index is 11.9. The Morgan fingerprint density at radius 2 is 2.26 bits per heavy atom. The second kappa shape index (κ2) is 7.35. The first-order valence-corrected chi connectivity index (χ1v) is 6.77. The minimum Gasteiger partial charge on any atom is -0.496 e. The molecule has 0 bridgehead atoms. The van der Waals surface area contributed by atoms with Crippen molar-refractivity contribution in [2.45, 2.75) is 19.4 Å². The molecule has 1 aromatic carbocycles. The van der Waals surface area contributed by atoms with E-state index in [9.17, 15) is 9.90 Å². The Bertz CT molecular complexity index is 438. The molecule has 5 nitrogen and oxygen atoms in total. The van der Waals surface area contributed by atoms with Gasteiger partial charge in [-0.1, -0.05) is 0 Å². The lowest BCUT2D eigenvalue weighted by molar-refractivity contribution is 0.167. The van der Waals surface area contributed by atoms with Gasteiger partial charge in [0.15, 0.2) is 0 Å². The molecule has 1 rings (SSSR count). The summed E-state index contributed by atoms with van der Waals surface area (Å²) in [6.07, 6.45) is 0.140. The van der Waals surface area contributed by atoms with Gasteiger partial charge in [0, 0.05) is 19.3 Å². The molecule has 0 unspecified atom stereocenters. The molecule has 0 saturated carbocycles. The van der Waals surface area contributed by atoms with Crippen LogP contribution in [0.3, 0.4) is 0 Å². The molecule has 0 aromatic heterocycles. The molecule has 0 saturated heterocycles. The fourth-order valence-corrected chi connectivity index (χ4v) is 1.99. The maximum Gasteiger partial charge on any atom is 0.321 e. The van der Waals surface area contributed by atoms with E-state index in [1.54, 1.807) is 39.3 Å². The number of hydrogen-bond acceptors (Lipinski definition) is 3. The van der Waals surface area contributed by atoms with Gasteiger partial charge in [0.05, 0.1) is 17.7 Å². The number of anilines is 1. The van der Waals surface area contributed by atoms with Crippen molar-refractivity contribution < 1.29 is 14.6 Å². The number of hydrogen-bond donors (Lipinski definition) is 2. The summed E-state index contributed by atoms with van der Waals surface area (Å²) in [5, 5.41) is 12.0. The molecule has 19 heavy (non-hydrogen) atoms. The molecule has 106 valence electrons. The number of urea groups is 1. The van der Waals surface area contributed by atoms with Crippen molar-refractivity contribution in [3.8, 4) is 5.75 Å². The van der Waals surface area contributed by atoms with E-state index < -0.39 is 6.10 Å². The van der Waals surface area contributed by atoms with E-state index in [-0.39, 0.29) is 6.03 Å². The average molecular weight is 331 g/mol. The summed E-state index contributed by atoms with van der Waals surface area (Å²) in [7, 11) is 3.28. The Kier molecular flexibility index (Phi) is 6.11. The van der Waals surface area contributed by atoms with Crippen LogP contribution in [0.1, 0.15) is 13.3 Å². The number of rotatable bonds is 5. The molecule has 2 amide bonds. The molecule has 1 aromatic rings. The highest BCUT2D eigenvalue weighted by atomic mass is 79.9. The largest absolute Gasteiger partial charge is 0.496 e. The van der Waals surface area contributed by atoms with Crippen LogP contribution < -0.4 is 10.1 Å². The Morgan fingerprint density at radius 1 is 1.58 bits per heavy atom. The van der Waals surface area contributed by atoms with Crippen molar-refractivity contribution in [3.05, 3.63) is 22.7 Å². The SMILES string of the molecule is COc1ccc(NC(=O)N(C)CC[C@@H](C)O)cc1Br. The third kappa shape index (κ3) is 5.08. The number of nitrogens with one attached hydrogen (secondary N) is 1. The van der Waals surface area contributed by atoms with Crippen LogP contribution in [0.2, 0.25) is 0 Å². The van der Waals surface area contributed by atoms with Gasteiger partial charge in [0.2, 0.25) is 0 Å². The summed E-state index contributed by atoms with van der Waals surface area (Å²) < 4.78 is 5.90. The molecule has 6 heteroatoms. The van der Waals surface area contributed by atoms with Gasteiger partial charge >= 0.3 is 6.03 Å². The van der Waals surface area contributed by atoms with E-state index in [2.05, 4.69) is 21.2 Å². The fraction of sp³-hybridized carbons (Fsp3) is 0.462. The van der Waals surface area contributed by atoms with E-state index in [0.29, 0.717) is 24.4 Å². The minimum absolute atomic E-state index is 0.210. The molecule has 0 aliphatic heterocycles. The Hall–Kier alpha value is -1.27. The van der Waals surface area contributed by atoms with Crippen molar-refractivity contribution in [1.29, 1.82) is 0 Å². The summed E-state index contributed by atoms with van der Waals surface area (Å²) in [5.74, 6) is 0.709. The van der Waals surface area contributed by atoms with Crippen LogP contribution in [-0.4, -0.2) is 42.8 Å². The predicted molar refractivity (Wildman–Crippen MR) is 78.6 cm³/mol. The maximum absolute atomic E-state index is 11.9. The topological polar surface area (TPSA) is 61.8 Å². The zero-order valence-electron chi connectivity index (χ0n) is 11.3. The van der Waals surface area contributed by atoms with E-state index >= 15 is 0 Å². The van der Waals surface area contributed by atoms with Gasteiger partial charge in [-0.3, -0.25) is 0 Å². The normalized spacial score (nSPS) is 11.8.